The van der Waals surface area contributed by atoms with Crippen molar-refractivity contribution >= 4 is 21.6 Å². The summed E-state index contributed by atoms with van der Waals surface area (Å²) in [6, 6.07) is 6.11. The maximum Gasteiger partial charge on any atom is 0.243 e. The lowest BCUT2D eigenvalue weighted by Crippen LogP contribution is -2.57. The molecule has 7 heteroatoms. The van der Waals surface area contributed by atoms with Gasteiger partial charge in [0.05, 0.1) is 18.1 Å². The predicted octanol–water partition coefficient (Wildman–Crippen LogP) is 3.42. The molecule has 3 rings (SSSR count). The molecule has 0 aliphatic carbocycles. The van der Waals surface area contributed by atoms with Crippen LogP contribution >= 0.6 is 11.6 Å². The maximum absolute atomic E-state index is 13.2. The second-order valence-corrected chi connectivity index (χ2v) is 8.71. The molecule has 2 aliphatic rings. The van der Waals surface area contributed by atoms with E-state index in [-0.39, 0.29) is 17.0 Å². The second kappa shape index (κ2) is 6.92. The normalized spacial score (nSPS) is 27.6. The van der Waals surface area contributed by atoms with Gasteiger partial charge in [-0.15, -0.1) is 0 Å². The third kappa shape index (κ3) is 3.22. The summed E-state index contributed by atoms with van der Waals surface area (Å²) < 4.78 is 39.9. The minimum Gasteiger partial charge on any atom is -0.347 e. The van der Waals surface area contributed by atoms with Gasteiger partial charge in [-0.2, -0.15) is 4.31 Å². The average Bonchev–Trinajstić information content (AvgIpc) is 3.01. The van der Waals surface area contributed by atoms with Crippen molar-refractivity contribution in [3.05, 3.63) is 29.3 Å². The van der Waals surface area contributed by atoms with Crippen LogP contribution in [0.2, 0.25) is 5.02 Å². The van der Waals surface area contributed by atoms with Crippen molar-refractivity contribution in [2.75, 3.05) is 13.2 Å². The van der Waals surface area contributed by atoms with Gasteiger partial charge in [-0.1, -0.05) is 25.4 Å². The van der Waals surface area contributed by atoms with Crippen molar-refractivity contribution in [3.63, 3.8) is 0 Å². The smallest absolute Gasteiger partial charge is 0.243 e. The molecule has 1 aromatic carbocycles. The average molecular weight is 374 g/mol. The molecule has 0 saturated carbocycles. The first kappa shape index (κ1) is 18.1. The summed E-state index contributed by atoms with van der Waals surface area (Å²) in [5.41, 5.74) is 0. The highest BCUT2D eigenvalue weighted by Gasteiger charge is 2.51. The number of nitrogens with zero attached hydrogens (tertiary/aromatic N) is 1. The number of piperidine rings is 1. The fourth-order valence-corrected chi connectivity index (χ4v) is 5.86. The molecule has 0 radical (unpaired) electrons. The maximum atomic E-state index is 13.2. The molecule has 2 aliphatic heterocycles. The Kier molecular flexibility index (Phi) is 5.23. The summed E-state index contributed by atoms with van der Waals surface area (Å²) in [6.07, 6.45) is 2.59. The van der Waals surface area contributed by atoms with E-state index in [9.17, 15) is 8.42 Å². The third-order valence-electron chi connectivity index (χ3n) is 4.96. The minimum atomic E-state index is -3.58. The van der Waals surface area contributed by atoms with Crippen LogP contribution in [0.3, 0.4) is 0 Å². The van der Waals surface area contributed by atoms with E-state index in [4.69, 9.17) is 21.1 Å². The summed E-state index contributed by atoms with van der Waals surface area (Å²) in [5, 5.41) is 0.526. The highest BCUT2D eigenvalue weighted by atomic mass is 35.5. The van der Waals surface area contributed by atoms with E-state index < -0.39 is 15.8 Å². The van der Waals surface area contributed by atoms with E-state index in [2.05, 4.69) is 0 Å². The first-order valence-electron chi connectivity index (χ1n) is 8.49. The van der Waals surface area contributed by atoms with E-state index in [0.29, 0.717) is 31.1 Å². The lowest BCUT2D eigenvalue weighted by molar-refractivity contribution is -0.199. The molecule has 0 amide bonds. The minimum absolute atomic E-state index is 0.137. The molecule has 2 saturated heterocycles. The van der Waals surface area contributed by atoms with E-state index in [1.165, 1.54) is 0 Å². The summed E-state index contributed by atoms with van der Waals surface area (Å²) in [5.74, 6) is -0.618. The van der Waals surface area contributed by atoms with Gasteiger partial charge in [0.25, 0.3) is 0 Å². The topological polar surface area (TPSA) is 55.8 Å². The number of halogens is 1. The number of sulfonamides is 1. The molecule has 2 fully saturated rings. The van der Waals surface area contributed by atoms with E-state index in [1.54, 1.807) is 28.6 Å². The van der Waals surface area contributed by atoms with Gasteiger partial charge in [0, 0.05) is 29.9 Å². The van der Waals surface area contributed by atoms with Crippen LogP contribution in [-0.2, 0) is 19.5 Å². The fraction of sp³-hybridized carbons (Fsp3) is 0.647. The molecule has 2 heterocycles. The Morgan fingerprint density at radius 2 is 1.58 bits per heavy atom. The van der Waals surface area contributed by atoms with Crippen LogP contribution in [0.25, 0.3) is 0 Å². The molecule has 1 aromatic rings. The Morgan fingerprint density at radius 3 is 2.04 bits per heavy atom. The van der Waals surface area contributed by atoms with Gasteiger partial charge < -0.3 is 9.47 Å². The van der Waals surface area contributed by atoms with Crippen LogP contribution in [0.4, 0.5) is 0 Å². The van der Waals surface area contributed by atoms with Crippen molar-refractivity contribution in [2.45, 2.75) is 62.3 Å². The van der Waals surface area contributed by atoms with Crippen molar-refractivity contribution in [2.24, 2.45) is 0 Å². The van der Waals surface area contributed by atoms with E-state index in [0.717, 1.165) is 12.8 Å². The molecule has 134 valence electrons. The molecule has 0 unspecified atom stereocenters. The Labute approximate surface area is 148 Å². The number of hydrogen-bond acceptors (Lipinski definition) is 4. The van der Waals surface area contributed by atoms with Crippen molar-refractivity contribution in [3.8, 4) is 0 Å². The van der Waals surface area contributed by atoms with Gasteiger partial charge in [0.15, 0.2) is 5.79 Å². The van der Waals surface area contributed by atoms with Gasteiger partial charge in [-0.3, -0.25) is 0 Å². The Bertz CT molecular complexity index is 654. The first-order chi connectivity index (χ1) is 11.4. The summed E-state index contributed by atoms with van der Waals surface area (Å²) >= 11 is 5.90. The van der Waals surface area contributed by atoms with Gasteiger partial charge in [-0.05, 0) is 37.1 Å². The molecule has 0 aromatic heterocycles. The molecule has 5 nitrogen and oxygen atoms in total. The molecular weight excluding hydrogens is 350 g/mol. The van der Waals surface area contributed by atoms with E-state index >= 15 is 0 Å². The van der Waals surface area contributed by atoms with Crippen molar-refractivity contribution in [1.82, 2.24) is 4.31 Å². The zero-order valence-corrected chi connectivity index (χ0v) is 15.6. The standard InChI is InChI=1S/C17H24ClNO4S/c1-3-14-11-17(22-9-10-23-17)12-15(4-2)19(14)24(20,21)16-7-5-13(18)6-8-16/h5-8,14-15H,3-4,9-12H2,1-2H3/t14-,15-/m1/s1. The zero-order chi connectivity index (χ0) is 17.4. The molecule has 24 heavy (non-hydrogen) atoms. The predicted molar refractivity (Wildman–Crippen MR) is 92.5 cm³/mol. The fourth-order valence-electron chi connectivity index (χ4n) is 3.78. The SMILES string of the molecule is CC[C@@H]1CC2(C[C@@H](CC)N1S(=O)(=O)c1ccc(Cl)cc1)OCCO2. The number of rotatable bonds is 4. The van der Waals surface area contributed by atoms with Gasteiger partial charge >= 0.3 is 0 Å². The van der Waals surface area contributed by atoms with Crippen molar-refractivity contribution < 1.29 is 17.9 Å². The van der Waals surface area contributed by atoms with Crippen molar-refractivity contribution in [1.29, 1.82) is 0 Å². The van der Waals surface area contributed by atoms with Crippen LogP contribution in [0.5, 0.6) is 0 Å². The number of ether oxygens (including phenoxy) is 2. The summed E-state index contributed by atoms with van der Waals surface area (Å²) in [6.45, 7) is 5.18. The van der Waals surface area contributed by atoms with Gasteiger partial charge in [-0.25, -0.2) is 8.42 Å². The zero-order valence-electron chi connectivity index (χ0n) is 14.1. The summed E-state index contributed by atoms with van der Waals surface area (Å²) in [7, 11) is -3.58. The van der Waals surface area contributed by atoms with Crippen LogP contribution in [0.15, 0.2) is 29.2 Å². The highest BCUT2D eigenvalue weighted by Crippen LogP contribution is 2.42. The van der Waals surface area contributed by atoms with E-state index in [1.807, 2.05) is 13.8 Å². The molecule has 1 spiro atoms. The Morgan fingerprint density at radius 1 is 1.08 bits per heavy atom. The quantitative estimate of drug-likeness (QED) is 0.811. The second-order valence-electron chi connectivity index (χ2n) is 6.43. The lowest BCUT2D eigenvalue weighted by atomic mass is 9.90. The monoisotopic (exact) mass is 373 g/mol. The molecule has 2 atom stereocenters. The molecule has 0 bridgehead atoms. The Balaban J connectivity index is 1.96. The largest absolute Gasteiger partial charge is 0.347 e. The molecular formula is C17H24ClNO4S. The Hall–Kier alpha value is -0.660. The van der Waals surface area contributed by atoms with Crippen LogP contribution in [-0.4, -0.2) is 43.8 Å². The first-order valence-corrected chi connectivity index (χ1v) is 10.3. The number of benzene rings is 1. The van der Waals surface area contributed by atoms with Crippen LogP contribution in [0, 0.1) is 0 Å². The van der Waals surface area contributed by atoms with Crippen LogP contribution < -0.4 is 0 Å². The number of hydrogen-bond donors (Lipinski definition) is 0. The third-order valence-corrected chi connectivity index (χ3v) is 7.23. The van der Waals surface area contributed by atoms with Gasteiger partial charge in [0.2, 0.25) is 10.0 Å². The lowest BCUT2D eigenvalue weighted by Gasteiger charge is -2.47. The highest BCUT2D eigenvalue weighted by molar-refractivity contribution is 7.89. The van der Waals surface area contributed by atoms with Gasteiger partial charge in [0.1, 0.15) is 0 Å². The summed E-state index contributed by atoms with van der Waals surface area (Å²) in [4.78, 5) is 0.285. The molecule has 0 N–H and O–H groups in total. The van der Waals surface area contributed by atoms with Crippen LogP contribution in [0.1, 0.15) is 39.5 Å².